The highest BCUT2D eigenvalue weighted by Gasteiger charge is 2.29. The van der Waals surface area contributed by atoms with Crippen LogP contribution in [0.15, 0.2) is 77.3 Å². The van der Waals surface area contributed by atoms with Crippen LogP contribution in [0, 0.1) is 11.6 Å². The summed E-state index contributed by atoms with van der Waals surface area (Å²) in [6.45, 7) is 0.904. The van der Waals surface area contributed by atoms with Gasteiger partial charge in [0.15, 0.2) is 11.6 Å². The van der Waals surface area contributed by atoms with Crippen LogP contribution in [0.4, 0.5) is 14.5 Å². The minimum absolute atomic E-state index is 0.121. The number of β-amino-alcohol motifs (C(OH)–C–C–N with tert-alkyl or cyclic N) is 1. The average Bonchev–Trinajstić information content (AvgIpc) is 3.28. The molecule has 3 aromatic carbocycles. The molecule has 5 rings (SSSR count). The van der Waals surface area contributed by atoms with Gasteiger partial charge in [0.1, 0.15) is 24.4 Å². The minimum Gasteiger partial charge on any atom is -0.372 e. The van der Waals surface area contributed by atoms with Crippen molar-refractivity contribution in [3.05, 3.63) is 88.9 Å². The van der Waals surface area contributed by atoms with Crippen molar-refractivity contribution in [3.8, 4) is 22.8 Å². The predicted octanol–water partition coefficient (Wildman–Crippen LogP) is 4.32. The first kappa shape index (κ1) is 24.1. The van der Waals surface area contributed by atoms with Gasteiger partial charge in [-0.1, -0.05) is 22.0 Å². The Hall–Kier alpha value is -3.63. The Morgan fingerprint density at radius 2 is 1.64 bits per heavy atom. The monoisotopic (exact) mass is 553 g/mol. The molecule has 1 amide bonds. The lowest BCUT2D eigenvalue weighted by atomic mass is 10.2. The molecule has 2 heterocycles. The molecule has 1 fully saturated rings. The summed E-state index contributed by atoms with van der Waals surface area (Å²) in [5.74, 6) is -0.302. The molecule has 36 heavy (non-hydrogen) atoms. The number of anilines is 1. The van der Waals surface area contributed by atoms with E-state index in [-0.39, 0.29) is 24.8 Å². The molecule has 1 aromatic heterocycles. The number of nitrogens with zero attached hydrogens (tertiary/aromatic N) is 5. The van der Waals surface area contributed by atoms with E-state index >= 15 is 0 Å². The summed E-state index contributed by atoms with van der Waals surface area (Å²) in [6.07, 6.45) is -0.862. The lowest BCUT2D eigenvalue weighted by molar-refractivity contribution is -0.134. The second kappa shape index (κ2) is 10.2. The van der Waals surface area contributed by atoms with Crippen LogP contribution in [0.1, 0.15) is 0 Å². The Kier molecular flexibility index (Phi) is 6.80. The summed E-state index contributed by atoms with van der Waals surface area (Å²) in [5, 5.41) is 15.2. The molecule has 1 unspecified atom stereocenters. The number of aliphatic hydroxyl groups is 1. The van der Waals surface area contributed by atoms with Crippen LogP contribution in [0.3, 0.4) is 0 Å². The standard InChI is InChI=1S/C26H22BrF2N5O2/c27-19-2-1-3-22(14-19)33-13-12-32(15-24(33)36)23(35)16-34-26(18-6-10-21(29)11-7-18)30-25(31-34)17-4-8-20(28)9-5-17/h1-11,14,24,36H,12-13,15-16H2. The molecular formula is C26H22BrF2N5O2. The van der Waals surface area contributed by atoms with Crippen LogP contribution in [0.2, 0.25) is 0 Å². The maximum atomic E-state index is 13.5. The molecule has 1 atom stereocenters. The maximum Gasteiger partial charge on any atom is 0.244 e. The Labute approximate surface area is 214 Å². The normalized spacial score (nSPS) is 15.8. The van der Waals surface area contributed by atoms with E-state index in [1.165, 1.54) is 28.9 Å². The second-order valence-corrected chi connectivity index (χ2v) is 9.34. The molecule has 0 radical (unpaired) electrons. The highest BCUT2D eigenvalue weighted by atomic mass is 79.9. The van der Waals surface area contributed by atoms with E-state index < -0.39 is 12.0 Å². The number of amides is 1. The van der Waals surface area contributed by atoms with Gasteiger partial charge in [-0.2, -0.15) is 0 Å². The fourth-order valence-corrected chi connectivity index (χ4v) is 4.55. The minimum atomic E-state index is -0.862. The number of halogens is 3. The SMILES string of the molecule is O=C(Cn1nc(-c2ccc(F)cc2)nc1-c1ccc(F)cc1)N1CCN(c2cccc(Br)c2)C(O)C1. The zero-order chi connectivity index (χ0) is 25.2. The largest absolute Gasteiger partial charge is 0.372 e. The van der Waals surface area contributed by atoms with Crippen molar-refractivity contribution in [2.75, 3.05) is 24.5 Å². The van der Waals surface area contributed by atoms with Gasteiger partial charge in [0.05, 0.1) is 6.54 Å². The van der Waals surface area contributed by atoms with Gasteiger partial charge in [-0.05, 0) is 66.7 Å². The van der Waals surface area contributed by atoms with Crippen LogP contribution in [0.25, 0.3) is 22.8 Å². The molecule has 1 saturated heterocycles. The van der Waals surface area contributed by atoms with Crippen LogP contribution < -0.4 is 4.90 Å². The Balaban J connectivity index is 1.37. The van der Waals surface area contributed by atoms with Gasteiger partial charge >= 0.3 is 0 Å². The molecular weight excluding hydrogens is 532 g/mol. The van der Waals surface area contributed by atoms with Crippen LogP contribution in [0.5, 0.6) is 0 Å². The summed E-state index contributed by atoms with van der Waals surface area (Å²) >= 11 is 3.45. The van der Waals surface area contributed by atoms with E-state index in [9.17, 15) is 18.7 Å². The fourth-order valence-electron chi connectivity index (χ4n) is 4.16. The Morgan fingerprint density at radius 3 is 2.28 bits per heavy atom. The first-order valence-corrected chi connectivity index (χ1v) is 12.1. The zero-order valence-corrected chi connectivity index (χ0v) is 20.6. The Morgan fingerprint density at radius 1 is 0.972 bits per heavy atom. The molecule has 10 heteroatoms. The van der Waals surface area contributed by atoms with E-state index in [0.717, 1.165) is 10.2 Å². The highest BCUT2D eigenvalue weighted by Crippen LogP contribution is 2.25. The molecule has 184 valence electrons. The predicted molar refractivity (Wildman–Crippen MR) is 135 cm³/mol. The van der Waals surface area contributed by atoms with Crippen molar-refractivity contribution in [1.82, 2.24) is 19.7 Å². The van der Waals surface area contributed by atoms with Gasteiger partial charge in [-0.3, -0.25) is 4.79 Å². The molecule has 1 N–H and O–H groups in total. The number of aliphatic hydroxyl groups excluding tert-OH is 1. The molecule has 7 nitrogen and oxygen atoms in total. The summed E-state index contributed by atoms with van der Waals surface area (Å²) in [5.41, 5.74) is 2.04. The molecule has 1 aliphatic rings. The lowest BCUT2D eigenvalue weighted by Gasteiger charge is -2.40. The molecule has 0 aliphatic carbocycles. The van der Waals surface area contributed by atoms with Crippen LogP contribution in [-0.2, 0) is 11.3 Å². The highest BCUT2D eigenvalue weighted by molar-refractivity contribution is 9.10. The maximum absolute atomic E-state index is 13.5. The number of hydrogen-bond acceptors (Lipinski definition) is 5. The summed E-state index contributed by atoms with van der Waals surface area (Å²) in [6, 6.07) is 19.1. The number of aromatic nitrogens is 3. The number of carbonyl (C=O) groups is 1. The fraction of sp³-hybridized carbons (Fsp3) is 0.192. The number of hydrogen-bond donors (Lipinski definition) is 1. The molecule has 1 aliphatic heterocycles. The van der Waals surface area contributed by atoms with Gasteiger partial charge in [0.25, 0.3) is 0 Å². The molecule has 4 aromatic rings. The number of benzene rings is 3. The third-order valence-corrected chi connectivity index (χ3v) is 6.50. The van der Waals surface area contributed by atoms with Crippen molar-refractivity contribution < 1.29 is 18.7 Å². The van der Waals surface area contributed by atoms with Gasteiger partial charge in [-0.15, -0.1) is 5.10 Å². The summed E-state index contributed by atoms with van der Waals surface area (Å²) < 4.78 is 29.3. The van der Waals surface area contributed by atoms with Gasteiger partial charge in [0.2, 0.25) is 5.91 Å². The van der Waals surface area contributed by atoms with Crippen LogP contribution >= 0.6 is 15.9 Å². The third kappa shape index (κ3) is 5.14. The van der Waals surface area contributed by atoms with E-state index in [2.05, 4.69) is 26.0 Å². The van der Waals surface area contributed by atoms with Gasteiger partial charge in [-0.25, -0.2) is 18.4 Å². The van der Waals surface area contributed by atoms with Crippen molar-refractivity contribution in [1.29, 1.82) is 0 Å². The topological polar surface area (TPSA) is 74.5 Å². The third-order valence-electron chi connectivity index (χ3n) is 6.01. The number of piperazine rings is 1. The van der Waals surface area contributed by atoms with E-state index in [0.29, 0.717) is 35.9 Å². The van der Waals surface area contributed by atoms with Gasteiger partial charge in [0, 0.05) is 34.4 Å². The molecule has 0 bridgehead atoms. The first-order chi connectivity index (χ1) is 17.4. The van der Waals surface area contributed by atoms with E-state index in [4.69, 9.17) is 0 Å². The summed E-state index contributed by atoms with van der Waals surface area (Å²) in [4.78, 5) is 21.2. The zero-order valence-electron chi connectivity index (χ0n) is 19.1. The van der Waals surface area contributed by atoms with E-state index in [1.54, 1.807) is 29.2 Å². The van der Waals surface area contributed by atoms with Gasteiger partial charge < -0.3 is 14.9 Å². The smallest absolute Gasteiger partial charge is 0.244 e. The van der Waals surface area contributed by atoms with Crippen LogP contribution in [-0.4, -0.2) is 56.5 Å². The van der Waals surface area contributed by atoms with Crippen molar-refractivity contribution in [2.45, 2.75) is 12.8 Å². The second-order valence-electron chi connectivity index (χ2n) is 8.42. The molecule has 0 spiro atoms. The number of carbonyl (C=O) groups excluding carboxylic acids is 1. The Bertz CT molecular complexity index is 1380. The summed E-state index contributed by atoms with van der Waals surface area (Å²) in [7, 11) is 0. The van der Waals surface area contributed by atoms with E-state index in [1.807, 2.05) is 29.2 Å². The number of rotatable bonds is 5. The van der Waals surface area contributed by atoms with Crippen molar-refractivity contribution >= 4 is 27.5 Å². The first-order valence-electron chi connectivity index (χ1n) is 11.3. The quantitative estimate of drug-likeness (QED) is 0.398. The van der Waals surface area contributed by atoms with Crippen molar-refractivity contribution in [3.63, 3.8) is 0 Å². The average molecular weight is 554 g/mol. The van der Waals surface area contributed by atoms with Crippen molar-refractivity contribution in [2.24, 2.45) is 0 Å². The lowest BCUT2D eigenvalue weighted by Crippen LogP contribution is -2.55. The molecule has 0 saturated carbocycles.